The Hall–Kier alpha value is -4.96. The topological polar surface area (TPSA) is 120 Å². The van der Waals surface area contributed by atoms with Crippen molar-refractivity contribution in [2.45, 2.75) is 77.2 Å². The molecule has 2 aromatic carbocycles. The van der Waals surface area contributed by atoms with E-state index in [0.29, 0.717) is 17.3 Å². The molecule has 0 bridgehead atoms. The van der Waals surface area contributed by atoms with Crippen LogP contribution in [0.15, 0.2) is 79.0 Å². The van der Waals surface area contributed by atoms with Gasteiger partial charge in [0.15, 0.2) is 11.5 Å². The number of benzene rings is 2. The van der Waals surface area contributed by atoms with Crippen molar-refractivity contribution in [3.63, 3.8) is 0 Å². The van der Waals surface area contributed by atoms with E-state index < -0.39 is 17.2 Å². The zero-order valence-corrected chi connectivity index (χ0v) is 28.2. The molecule has 2 aliphatic rings. The molecule has 1 saturated carbocycles. The van der Waals surface area contributed by atoms with Gasteiger partial charge in [-0.05, 0) is 108 Å². The quantitative estimate of drug-likeness (QED) is 0.198. The zero-order valence-electron chi connectivity index (χ0n) is 28.2. The summed E-state index contributed by atoms with van der Waals surface area (Å²) < 4.78 is 13.6. The Morgan fingerprint density at radius 1 is 0.958 bits per heavy atom. The highest BCUT2D eigenvalue weighted by Gasteiger charge is 2.41. The summed E-state index contributed by atoms with van der Waals surface area (Å²) in [5.41, 5.74) is 12.5. The van der Waals surface area contributed by atoms with Crippen LogP contribution in [-0.2, 0) is 15.0 Å². The molecule has 2 fully saturated rings. The fraction of sp³-hybridized carbons (Fsp3) is 0.368. The summed E-state index contributed by atoms with van der Waals surface area (Å²) in [5, 5.41) is 3.16. The smallest absolute Gasteiger partial charge is 0.408 e. The number of anilines is 2. The van der Waals surface area contributed by atoms with Crippen molar-refractivity contribution >= 4 is 28.8 Å². The van der Waals surface area contributed by atoms with Crippen LogP contribution >= 0.6 is 0 Å². The molecule has 10 heteroatoms. The van der Waals surface area contributed by atoms with E-state index in [4.69, 9.17) is 25.2 Å². The number of fused-ring (bicyclic) bond motifs is 1. The fourth-order valence-electron chi connectivity index (χ4n) is 6.85. The maximum absolute atomic E-state index is 12.8. The monoisotopic (exact) mass is 645 g/mol. The van der Waals surface area contributed by atoms with E-state index in [0.717, 1.165) is 71.6 Å². The van der Waals surface area contributed by atoms with Crippen LogP contribution in [-0.4, -0.2) is 56.5 Å². The van der Waals surface area contributed by atoms with E-state index in [-0.39, 0.29) is 12.2 Å². The van der Waals surface area contributed by atoms with Gasteiger partial charge in [0.05, 0.1) is 29.0 Å². The van der Waals surface area contributed by atoms with Crippen LogP contribution in [0.3, 0.4) is 0 Å². The van der Waals surface area contributed by atoms with Crippen molar-refractivity contribution in [3.05, 3.63) is 84.6 Å². The predicted molar refractivity (Wildman–Crippen MR) is 189 cm³/mol. The highest BCUT2D eigenvalue weighted by molar-refractivity contribution is 5.85. The minimum atomic E-state index is -0.571. The van der Waals surface area contributed by atoms with Gasteiger partial charge < -0.3 is 25.4 Å². The molecule has 5 aromatic rings. The van der Waals surface area contributed by atoms with Gasteiger partial charge in [0.25, 0.3) is 0 Å². The number of nitrogens with one attached hydrogen (secondary N) is 1. The number of imidazole rings is 1. The molecule has 248 valence electrons. The second kappa shape index (κ2) is 12.2. The molecule has 7 rings (SSSR count). The van der Waals surface area contributed by atoms with Crippen LogP contribution in [0.5, 0.6) is 0 Å². The standard InChI is InChI=1S/C38H43N7O3/c1-24-22-44(23-25(2)47-24)29-10-6-9-26(21-29)31-16-17-32-35(41-31)45(34(42-32)30-11-7-20-40-33(30)39)28-14-12-27(13-15-28)38(18-8-19-38)43-36(46)48-37(3,4)5/h6-7,9-17,20-21,24-25H,8,18-19,22-23H2,1-5H3,(H2,39,40)(H,43,46). The van der Waals surface area contributed by atoms with Gasteiger partial charge in [-0.1, -0.05) is 24.3 Å². The number of pyridine rings is 2. The first kappa shape index (κ1) is 31.6. The summed E-state index contributed by atoms with van der Waals surface area (Å²) in [7, 11) is 0. The Kier molecular flexibility index (Phi) is 8.07. The third kappa shape index (κ3) is 6.20. The predicted octanol–water partition coefficient (Wildman–Crippen LogP) is 7.25. The lowest BCUT2D eigenvalue weighted by atomic mass is 9.72. The number of carbonyl (C=O) groups excluding carboxylic acids is 1. The van der Waals surface area contributed by atoms with Crippen LogP contribution in [0.2, 0.25) is 0 Å². The average molecular weight is 646 g/mol. The van der Waals surface area contributed by atoms with E-state index in [1.54, 1.807) is 6.20 Å². The molecule has 3 aromatic heterocycles. The summed E-state index contributed by atoms with van der Waals surface area (Å²) in [6, 6.07) is 24.6. The Morgan fingerprint density at radius 2 is 1.71 bits per heavy atom. The molecular formula is C38H43N7O3. The molecule has 1 aliphatic carbocycles. The fourth-order valence-corrected chi connectivity index (χ4v) is 6.85. The molecule has 2 atom stereocenters. The van der Waals surface area contributed by atoms with Crippen LogP contribution in [0.4, 0.5) is 16.3 Å². The van der Waals surface area contributed by atoms with Crippen LogP contribution in [0.25, 0.3) is 39.5 Å². The van der Waals surface area contributed by atoms with E-state index in [9.17, 15) is 4.79 Å². The van der Waals surface area contributed by atoms with Gasteiger partial charge in [0, 0.05) is 36.2 Å². The van der Waals surface area contributed by atoms with Crippen LogP contribution in [0.1, 0.15) is 59.4 Å². The third-order valence-corrected chi connectivity index (χ3v) is 9.14. The number of ether oxygens (including phenoxy) is 2. The average Bonchev–Trinajstić information content (AvgIpc) is 3.40. The van der Waals surface area contributed by atoms with Crippen molar-refractivity contribution in [2.24, 2.45) is 0 Å². The molecule has 3 N–H and O–H groups in total. The first-order valence-corrected chi connectivity index (χ1v) is 16.7. The summed E-state index contributed by atoms with van der Waals surface area (Å²) in [4.78, 5) is 29.7. The number of hydrogen-bond acceptors (Lipinski definition) is 8. The summed E-state index contributed by atoms with van der Waals surface area (Å²) in [5.74, 6) is 1.05. The SMILES string of the molecule is CC1CN(c2cccc(-c3ccc4nc(-c5cccnc5N)n(-c5ccc(C6(NC(=O)OC(C)(C)C)CCC6)cc5)c4n3)c2)CC(C)O1. The second-order valence-electron chi connectivity index (χ2n) is 14.1. The molecule has 1 amide bonds. The number of amides is 1. The lowest BCUT2D eigenvalue weighted by Crippen LogP contribution is -2.52. The molecule has 10 nitrogen and oxygen atoms in total. The number of nitrogens with zero attached hydrogens (tertiary/aromatic N) is 5. The first-order valence-electron chi connectivity index (χ1n) is 16.7. The number of nitrogens with two attached hydrogens (primary N) is 1. The molecule has 1 saturated heterocycles. The van der Waals surface area contributed by atoms with E-state index >= 15 is 0 Å². The molecular weight excluding hydrogens is 602 g/mol. The number of rotatable bonds is 6. The van der Waals surface area contributed by atoms with Gasteiger partial charge in [-0.2, -0.15) is 0 Å². The first-order chi connectivity index (χ1) is 23.0. The molecule has 48 heavy (non-hydrogen) atoms. The van der Waals surface area contributed by atoms with E-state index in [2.05, 4.69) is 77.6 Å². The lowest BCUT2D eigenvalue weighted by molar-refractivity contribution is -0.00522. The van der Waals surface area contributed by atoms with E-state index in [1.807, 2.05) is 49.6 Å². The highest BCUT2D eigenvalue weighted by atomic mass is 16.6. The van der Waals surface area contributed by atoms with Crippen LogP contribution in [0, 0.1) is 0 Å². The summed E-state index contributed by atoms with van der Waals surface area (Å²) in [6.45, 7) is 11.5. The van der Waals surface area contributed by atoms with Crippen molar-refractivity contribution in [1.29, 1.82) is 0 Å². The second-order valence-corrected chi connectivity index (χ2v) is 14.1. The summed E-state index contributed by atoms with van der Waals surface area (Å²) in [6.07, 6.45) is 4.34. The number of hydrogen-bond donors (Lipinski definition) is 2. The highest BCUT2D eigenvalue weighted by Crippen LogP contribution is 2.42. The van der Waals surface area contributed by atoms with Gasteiger partial charge in [-0.3, -0.25) is 4.57 Å². The molecule has 4 heterocycles. The largest absolute Gasteiger partial charge is 0.444 e. The normalized spacial score (nSPS) is 19.1. The molecule has 2 unspecified atom stereocenters. The van der Waals surface area contributed by atoms with Crippen molar-refractivity contribution in [2.75, 3.05) is 23.7 Å². The summed E-state index contributed by atoms with van der Waals surface area (Å²) >= 11 is 0. The number of morpholine rings is 1. The van der Waals surface area contributed by atoms with E-state index in [1.165, 1.54) is 0 Å². The minimum Gasteiger partial charge on any atom is -0.444 e. The zero-order chi connectivity index (χ0) is 33.6. The van der Waals surface area contributed by atoms with Gasteiger partial charge in [0.2, 0.25) is 0 Å². The van der Waals surface area contributed by atoms with Gasteiger partial charge >= 0.3 is 6.09 Å². The number of alkyl carbamates (subject to hydrolysis) is 1. The third-order valence-electron chi connectivity index (χ3n) is 9.14. The van der Waals surface area contributed by atoms with Crippen molar-refractivity contribution in [3.8, 4) is 28.3 Å². The molecule has 0 radical (unpaired) electrons. The van der Waals surface area contributed by atoms with Crippen molar-refractivity contribution < 1.29 is 14.3 Å². The Bertz CT molecular complexity index is 1950. The Morgan fingerprint density at radius 3 is 2.38 bits per heavy atom. The minimum absolute atomic E-state index is 0.165. The Balaban J connectivity index is 1.29. The number of carbonyl (C=O) groups is 1. The number of aromatic nitrogens is 4. The van der Waals surface area contributed by atoms with Crippen LogP contribution < -0.4 is 16.0 Å². The lowest BCUT2D eigenvalue weighted by Gasteiger charge is -2.43. The molecule has 1 aliphatic heterocycles. The van der Waals surface area contributed by atoms with Gasteiger partial charge in [-0.25, -0.2) is 19.7 Å². The van der Waals surface area contributed by atoms with Gasteiger partial charge in [0.1, 0.15) is 16.9 Å². The maximum atomic E-state index is 12.8. The van der Waals surface area contributed by atoms with Crippen molar-refractivity contribution in [1.82, 2.24) is 24.8 Å². The molecule has 0 spiro atoms. The maximum Gasteiger partial charge on any atom is 0.408 e. The van der Waals surface area contributed by atoms with Gasteiger partial charge in [-0.15, -0.1) is 0 Å². The Labute approximate surface area is 281 Å². The number of nitrogen functional groups attached to an aromatic ring is 1.